The summed E-state index contributed by atoms with van der Waals surface area (Å²) in [6.45, 7) is 0.498. The van der Waals surface area contributed by atoms with Crippen LogP contribution in [-0.4, -0.2) is 49.9 Å². The molecule has 20 heteroatoms. The molecule has 0 saturated heterocycles. The van der Waals surface area contributed by atoms with Gasteiger partial charge in [-0.2, -0.15) is 0 Å². The molecule has 6 aromatic carbocycles. The Morgan fingerprint density at radius 2 is 0.987 bits per heavy atom. The van der Waals surface area contributed by atoms with E-state index < -0.39 is 11.9 Å². The van der Waals surface area contributed by atoms with Crippen LogP contribution in [-0.2, 0) is 18.0 Å². The number of halogens is 4. The summed E-state index contributed by atoms with van der Waals surface area (Å²) in [6.07, 6.45) is 6.88. The van der Waals surface area contributed by atoms with Crippen molar-refractivity contribution in [3.05, 3.63) is 200 Å². The molecule has 0 bridgehead atoms. The van der Waals surface area contributed by atoms with Gasteiger partial charge < -0.3 is 43.3 Å². The smallest absolute Gasteiger partial charge is 0.870 e. The predicted molar refractivity (Wildman–Crippen MR) is 293 cm³/mol. The minimum Gasteiger partial charge on any atom is -0.870 e. The molecular weight excluding hydrogens is 1110 g/mol. The SMILES string of the molecule is COC(=O)c1ccc(Oc2cccc3cc(OCc4c(-c5c(Cl)cccc5Cl)noc4C4CC4)ccc23)nc1.O=C(O)c1ccc(Oc2cccc3cc(OCc4c(-c5c(Cl)cccc5Cl)noc4C4CC4)ccc23)nc1.[Na+].[OH-]. The Morgan fingerprint density at radius 3 is 1.37 bits per heavy atom. The molecule has 2 aliphatic rings. The van der Waals surface area contributed by atoms with Crippen LogP contribution in [0.5, 0.6) is 34.8 Å². The molecule has 4 aromatic heterocycles. The van der Waals surface area contributed by atoms with Gasteiger partial charge in [0.15, 0.2) is 0 Å². The van der Waals surface area contributed by atoms with E-state index in [4.69, 9.17) is 84.2 Å². The monoisotopic (exact) mass is 1150 g/mol. The van der Waals surface area contributed by atoms with E-state index in [9.17, 15) is 9.59 Å². The number of carboxylic acids is 1. The fourth-order valence-electron chi connectivity index (χ4n) is 8.70. The molecule has 2 fully saturated rings. The van der Waals surface area contributed by atoms with Crippen molar-refractivity contribution >= 4 is 79.9 Å². The molecule has 0 spiro atoms. The number of ether oxygens (including phenoxy) is 5. The molecule has 0 atom stereocenters. The third-order valence-corrected chi connectivity index (χ3v) is 14.2. The number of benzene rings is 6. The number of fused-ring (bicyclic) bond motifs is 2. The zero-order valence-electron chi connectivity index (χ0n) is 42.1. The molecule has 0 radical (unpaired) electrons. The Balaban J connectivity index is 0.000000187. The normalized spacial score (nSPS) is 12.6. The zero-order chi connectivity index (χ0) is 53.2. The number of carboxylic acid groups (broad SMARTS) is 1. The van der Waals surface area contributed by atoms with Gasteiger partial charge in [-0.3, -0.25) is 0 Å². The maximum atomic E-state index is 11.7. The fourth-order valence-corrected chi connectivity index (χ4v) is 9.85. The van der Waals surface area contributed by atoms with Gasteiger partial charge in [0.1, 0.15) is 59.1 Å². The van der Waals surface area contributed by atoms with Crippen molar-refractivity contribution in [1.29, 1.82) is 0 Å². The van der Waals surface area contributed by atoms with Gasteiger partial charge in [-0.05, 0) is 121 Å². The Labute approximate surface area is 493 Å². The van der Waals surface area contributed by atoms with Gasteiger partial charge in [-0.25, -0.2) is 19.6 Å². The number of nitrogens with zero attached hydrogens (tertiary/aromatic N) is 4. The van der Waals surface area contributed by atoms with Crippen molar-refractivity contribution in [2.75, 3.05) is 7.11 Å². The van der Waals surface area contributed by atoms with Gasteiger partial charge in [0.25, 0.3) is 0 Å². The molecule has 0 amide bonds. The van der Waals surface area contributed by atoms with Gasteiger partial charge in [0.2, 0.25) is 11.8 Å². The van der Waals surface area contributed by atoms with Crippen LogP contribution in [0.15, 0.2) is 155 Å². The summed E-state index contributed by atoms with van der Waals surface area (Å²) in [6, 6.07) is 39.8. The number of aromatic nitrogens is 4. The molecule has 79 heavy (non-hydrogen) atoms. The summed E-state index contributed by atoms with van der Waals surface area (Å²) < 4.78 is 40.6. The second-order valence-corrected chi connectivity index (χ2v) is 19.7. The molecule has 10 aromatic rings. The summed E-state index contributed by atoms with van der Waals surface area (Å²) in [4.78, 5) is 31.0. The molecule has 2 N–H and O–H groups in total. The molecular formula is C59H43Cl4N4NaO11. The molecule has 0 unspecified atom stereocenters. The summed E-state index contributed by atoms with van der Waals surface area (Å²) in [7, 11) is 1.33. The van der Waals surface area contributed by atoms with Crippen molar-refractivity contribution in [3.63, 3.8) is 0 Å². The van der Waals surface area contributed by atoms with E-state index in [0.717, 1.165) is 69.9 Å². The van der Waals surface area contributed by atoms with Crippen LogP contribution in [0.3, 0.4) is 0 Å². The van der Waals surface area contributed by atoms with Crippen molar-refractivity contribution in [1.82, 2.24) is 20.3 Å². The maximum absolute atomic E-state index is 11.7. The quantitative estimate of drug-likeness (QED) is 0.0705. The number of hydrogen-bond acceptors (Lipinski definition) is 14. The summed E-state index contributed by atoms with van der Waals surface area (Å²) >= 11 is 25.9. The van der Waals surface area contributed by atoms with Crippen LogP contribution >= 0.6 is 46.4 Å². The Bertz CT molecular complexity index is 3810. The van der Waals surface area contributed by atoms with Crippen molar-refractivity contribution in [2.24, 2.45) is 0 Å². The third kappa shape index (κ3) is 12.7. The second-order valence-electron chi connectivity index (χ2n) is 18.1. The van der Waals surface area contributed by atoms with Crippen LogP contribution in [0.4, 0.5) is 0 Å². The van der Waals surface area contributed by atoms with E-state index in [0.29, 0.717) is 94.8 Å². The van der Waals surface area contributed by atoms with Crippen LogP contribution < -0.4 is 48.5 Å². The van der Waals surface area contributed by atoms with E-state index in [-0.39, 0.29) is 53.8 Å². The van der Waals surface area contributed by atoms with Gasteiger partial charge in [0.05, 0.1) is 49.5 Å². The maximum Gasteiger partial charge on any atom is 1.00 e. The summed E-state index contributed by atoms with van der Waals surface area (Å²) in [5.41, 5.74) is 4.62. The minimum absolute atomic E-state index is 0. The van der Waals surface area contributed by atoms with E-state index in [1.807, 2.05) is 72.8 Å². The number of carbonyl (C=O) groups excluding carboxylic acids is 1. The standard InChI is InChI=1S/C30H22Cl2N2O5.C29H20Cl2N2O5.Na.H2O/c1-36-30(35)19-10-13-26(33-15-19)38-25-7-2-4-18-14-20(11-12-21(18)25)37-16-22-28(34-39-29(22)17-8-9-17)27-23(31)5-3-6-24(27)32;30-22-4-2-5-23(31)26(22)27-21(28(38-33-27)16-7-8-16)15-36-19-10-11-20-17(13-19)3-1-6-24(20)37-25-12-9-18(14-32-25)29(34)35;;/h2-7,10-15,17H,8-9,16H2,1H3;1-6,9-14,16H,7-8,15H2,(H,34,35);;1H2/q;;+1;/p-1. The third-order valence-electron chi connectivity index (χ3n) is 12.9. The van der Waals surface area contributed by atoms with Crippen LogP contribution in [0.2, 0.25) is 20.1 Å². The largest absolute Gasteiger partial charge is 1.00 e. The Hall–Kier alpha value is -7.18. The van der Waals surface area contributed by atoms with Crippen LogP contribution in [0, 0.1) is 0 Å². The molecule has 2 aliphatic carbocycles. The second kappa shape index (κ2) is 24.9. The van der Waals surface area contributed by atoms with Crippen LogP contribution in [0.25, 0.3) is 44.1 Å². The average Bonchev–Trinajstić information content (AvgIpc) is 4.56. The first kappa shape index (κ1) is 56.5. The first-order valence-corrected chi connectivity index (χ1v) is 25.8. The van der Waals surface area contributed by atoms with Gasteiger partial charge in [-0.1, -0.05) is 93.1 Å². The number of esters is 1. The summed E-state index contributed by atoms with van der Waals surface area (Å²) in [5, 5.41) is 23.3. The average molecular weight is 1150 g/mol. The van der Waals surface area contributed by atoms with Crippen molar-refractivity contribution in [3.8, 4) is 57.3 Å². The first-order valence-electron chi connectivity index (χ1n) is 24.3. The fraction of sp³-hybridized carbons (Fsp3) is 0.153. The van der Waals surface area contributed by atoms with E-state index >= 15 is 0 Å². The number of pyridine rings is 2. The first-order chi connectivity index (χ1) is 37.5. The van der Waals surface area contributed by atoms with Crippen molar-refractivity contribution < 1.29 is 82.5 Å². The van der Waals surface area contributed by atoms with Crippen LogP contribution in [0.1, 0.15) is 80.9 Å². The minimum atomic E-state index is -1.04. The summed E-state index contributed by atoms with van der Waals surface area (Å²) in [5.74, 6) is 4.02. The number of carbonyl (C=O) groups is 2. The molecule has 12 rings (SSSR count). The number of hydrogen-bond donors (Lipinski definition) is 1. The Morgan fingerprint density at radius 1 is 0.570 bits per heavy atom. The number of rotatable bonds is 16. The van der Waals surface area contributed by atoms with E-state index in [1.54, 1.807) is 48.5 Å². The van der Waals surface area contributed by atoms with Crippen molar-refractivity contribution in [2.45, 2.75) is 50.7 Å². The zero-order valence-corrected chi connectivity index (χ0v) is 47.1. The van der Waals surface area contributed by atoms with Gasteiger partial charge >= 0.3 is 41.5 Å². The van der Waals surface area contributed by atoms with Gasteiger partial charge in [0, 0.05) is 58.3 Å². The number of aromatic carboxylic acids is 1. The molecule has 2 saturated carbocycles. The molecule has 4 heterocycles. The molecule has 394 valence electrons. The Kier molecular flexibility index (Phi) is 17.8. The van der Waals surface area contributed by atoms with Gasteiger partial charge in [-0.15, -0.1) is 0 Å². The molecule has 15 nitrogen and oxygen atoms in total. The number of methoxy groups -OCH3 is 1. The van der Waals surface area contributed by atoms with E-state index in [1.165, 1.54) is 31.6 Å². The molecule has 0 aliphatic heterocycles. The predicted octanol–water partition coefficient (Wildman–Crippen LogP) is 13.2. The topological polar surface area (TPSA) is 208 Å². The van der Waals surface area contributed by atoms with E-state index in [2.05, 4.69) is 20.3 Å².